The third-order valence-corrected chi connectivity index (χ3v) is 4.67. The van der Waals surface area contributed by atoms with Crippen molar-refractivity contribution in [2.24, 2.45) is 5.92 Å². The first kappa shape index (κ1) is 13.6. The lowest BCUT2D eigenvalue weighted by molar-refractivity contribution is -0.136. The van der Waals surface area contributed by atoms with E-state index in [9.17, 15) is 4.79 Å². The first-order valence-electron chi connectivity index (χ1n) is 7.10. The molecule has 1 heterocycles. The Kier molecular flexibility index (Phi) is 4.81. The maximum Gasteiger partial charge on any atom is 0.226 e. The number of aryl methyl sites for hydroxylation is 1. The average Bonchev–Trinajstić information content (AvgIpc) is 2.84. The van der Waals surface area contributed by atoms with Crippen LogP contribution < -0.4 is 0 Å². The summed E-state index contributed by atoms with van der Waals surface area (Å²) >= 11 is 1.81. The van der Waals surface area contributed by atoms with E-state index in [2.05, 4.69) is 30.2 Å². The van der Waals surface area contributed by atoms with Crippen LogP contribution in [0.1, 0.15) is 43.6 Å². The highest BCUT2D eigenvalue weighted by Gasteiger charge is 2.28. The summed E-state index contributed by atoms with van der Waals surface area (Å²) in [6.45, 7) is 6.13. The number of carbonyl (C=O) groups is 1. The molecule has 0 aromatic carbocycles. The molecule has 0 fully saturated rings. The third kappa shape index (κ3) is 2.94. The predicted molar refractivity (Wildman–Crippen MR) is 77.0 cm³/mol. The first-order chi connectivity index (χ1) is 8.76. The Morgan fingerprint density at radius 2 is 2.11 bits per heavy atom. The molecule has 2 rings (SSSR count). The van der Waals surface area contributed by atoms with Gasteiger partial charge in [0, 0.05) is 23.9 Å². The fraction of sp³-hybridized carbons (Fsp3) is 0.667. The monoisotopic (exact) mass is 265 g/mol. The molecule has 1 aromatic heterocycles. The van der Waals surface area contributed by atoms with Gasteiger partial charge in [-0.1, -0.05) is 13.8 Å². The van der Waals surface area contributed by atoms with Gasteiger partial charge in [-0.2, -0.15) is 0 Å². The van der Waals surface area contributed by atoms with Gasteiger partial charge in [-0.25, -0.2) is 0 Å². The van der Waals surface area contributed by atoms with E-state index in [0.29, 0.717) is 5.91 Å². The van der Waals surface area contributed by atoms with Crippen molar-refractivity contribution in [3.63, 3.8) is 0 Å². The number of carbonyl (C=O) groups excluding carboxylic acids is 1. The summed E-state index contributed by atoms with van der Waals surface area (Å²) in [5.41, 5.74) is 1.47. The molecule has 0 N–H and O–H groups in total. The third-order valence-electron chi connectivity index (χ3n) is 3.68. The van der Waals surface area contributed by atoms with Gasteiger partial charge in [0.05, 0.1) is 0 Å². The molecular formula is C15H23NOS. The van der Waals surface area contributed by atoms with Gasteiger partial charge in [0.1, 0.15) is 0 Å². The highest BCUT2D eigenvalue weighted by Crippen LogP contribution is 2.30. The molecule has 1 atom stereocenters. The van der Waals surface area contributed by atoms with Crippen LogP contribution in [-0.2, 0) is 17.6 Å². The smallest absolute Gasteiger partial charge is 0.226 e. The molecule has 1 aliphatic carbocycles. The lowest BCUT2D eigenvalue weighted by atomic mass is 9.88. The summed E-state index contributed by atoms with van der Waals surface area (Å²) in [6.07, 6.45) is 5.20. The van der Waals surface area contributed by atoms with E-state index in [-0.39, 0.29) is 5.92 Å². The maximum absolute atomic E-state index is 12.5. The van der Waals surface area contributed by atoms with Crippen molar-refractivity contribution in [3.8, 4) is 0 Å². The minimum atomic E-state index is 0.231. The Morgan fingerprint density at radius 1 is 1.39 bits per heavy atom. The van der Waals surface area contributed by atoms with E-state index in [1.807, 2.05) is 11.3 Å². The van der Waals surface area contributed by atoms with Gasteiger partial charge >= 0.3 is 0 Å². The van der Waals surface area contributed by atoms with Crippen molar-refractivity contribution in [2.45, 2.75) is 46.0 Å². The summed E-state index contributed by atoms with van der Waals surface area (Å²) in [5.74, 6) is 0.618. The molecule has 3 heteroatoms. The minimum Gasteiger partial charge on any atom is -0.342 e. The Bertz CT molecular complexity index is 393. The molecule has 1 aromatic rings. The molecule has 0 spiro atoms. The first-order valence-corrected chi connectivity index (χ1v) is 7.98. The SMILES string of the molecule is CCCN(CCC)C(=O)[C@H]1CCc2ccsc2C1. The lowest BCUT2D eigenvalue weighted by Gasteiger charge is -2.29. The number of fused-ring (bicyclic) bond motifs is 1. The van der Waals surface area contributed by atoms with Crippen molar-refractivity contribution >= 4 is 17.2 Å². The molecule has 100 valence electrons. The molecule has 0 saturated carbocycles. The number of amides is 1. The van der Waals surface area contributed by atoms with E-state index in [0.717, 1.165) is 45.2 Å². The molecule has 0 bridgehead atoms. The van der Waals surface area contributed by atoms with E-state index in [1.54, 1.807) is 0 Å². The van der Waals surface area contributed by atoms with Crippen molar-refractivity contribution in [1.82, 2.24) is 4.90 Å². The largest absolute Gasteiger partial charge is 0.342 e. The van der Waals surface area contributed by atoms with Crippen molar-refractivity contribution in [1.29, 1.82) is 0 Å². The number of hydrogen-bond donors (Lipinski definition) is 0. The van der Waals surface area contributed by atoms with E-state index < -0.39 is 0 Å². The molecule has 1 aliphatic rings. The zero-order valence-corrected chi connectivity index (χ0v) is 12.3. The highest BCUT2D eigenvalue weighted by atomic mass is 32.1. The highest BCUT2D eigenvalue weighted by molar-refractivity contribution is 7.10. The number of nitrogens with zero attached hydrogens (tertiary/aromatic N) is 1. The van der Waals surface area contributed by atoms with Crippen LogP contribution >= 0.6 is 11.3 Å². The van der Waals surface area contributed by atoms with Gasteiger partial charge in [-0.15, -0.1) is 11.3 Å². The summed E-state index contributed by atoms with van der Waals surface area (Å²) in [7, 11) is 0. The number of hydrogen-bond acceptors (Lipinski definition) is 2. The van der Waals surface area contributed by atoms with Crippen LogP contribution in [0.2, 0.25) is 0 Å². The standard InChI is InChI=1S/C15H23NOS/c1-3-8-16(9-4-2)15(17)13-6-5-12-7-10-18-14(12)11-13/h7,10,13H,3-6,8-9,11H2,1-2H3/t13-/m0/s1. The van der Waals surface area contributed by atoms with Gasteiger partial charge in [0.25, 0.3) is 0 Å². The molecule has 0 saturated heterocycles. The zero-order valence-electron chi connectivity index (χ0n) is 11.4. The summed E-state index contributed by atoms with van der Waals surface area (Å²) in [4.78, 5) is 16.1. The van der Waals surface area contributed by atoms with Gasteiger partial charge in [0.15, 0.2) is 0 Å². The van der Waals surface area contributed by atoms with Gasteiger partial charge in [0.2, 0.25) is 5.91 Å². The summed E-state index contributed by atoms with van der Waals surface area (Å²) in [6, 6.07) is 2.22. The minimum absolute atomic E-state index is 0.231. The van der Waals surface area contributed by atoms with Crippen LogP contribution in [0.25, 0.3) is 0 Å². The van der Waals surface area contributed by atoms with Crippen LogP contribution in [0.15, 0.2) is 11.4 Å². The second-order valence-corrected chi connectivity index (χ2v) is 6.13. The summed E-state index contributed by atoms with van der Waals surface area (Å²) in [5, 5.41) is 2.16. The fourth-order valence-corrected chi connectivity index (χ4v) is 3.78. The molecule has 0 unspecified atom stereocenters. The topological polar surface area (TPSA) is 20.3 Å². The van der Waals surface area contributed by atoms with Crippen LogP contribution in [0.4, 0.5) is 0 Å². The Balaban J connectivity index is 2.01. The van der Waals surface area contributed by atoms with E-state index in [1.165, 1.54) is 10.4 Å². The molecule has 18 heavy (non-hydrogen) atoms. The second kappa shape index (κ2) is 6.37. The van der Waals surface area contributed by atoms with Gasteiger partial charge < -0.3 is 4.90 Å². The Hall–Kier alpha value is -0.830. The molecule has 0 radical (unpaired) electrons. The van der Waals surface area contributed by atoms with E-state index in [4.69, 9.17) is 0 Å². The average molecular weight is 265 g/mol. The lowest BCUT2D eigenvalue weighted by Crippen LogP contribution is -2.39. The van der Waals surface area contributed by atoms with Crippen molar-refractivity contribution in [3.05, 3.63) is 21.9 Å². The fourth-order valence-electron chi connectivity index (χ4n) is 2.77. The predicted octanol–water partition coefficient (Wildman–Crippen LogP) is 3.50. The van der Waals surface area contributed by atoms with Crippen LogP contribution in [0, 0.1) is 5.92 Å². The molecule has 0 aliphatic heterocycles. The zero-order chi connectivity index (χ0) is 13.0. The molecule has 2 nitrogen and oxygen atoms in total. The Morgan fingerprint density at radius 3 is 2.78 bits per heavy atom. The maximum atomic E-state index is 12.5. The quantitative estimate of drug-likeness (QED) is 0.798. The van der Waals surface area contributed by atoms with Gasteiger partial charge in [-0.3, -0.25) is 4.79 Å². The van der Waals surface area contributed by atoms with Crippen LogP contribution in [-0.4, -0.2) is 23.9 Å². The second-order valence-electron chi connectivity index (χ2n) is 5.13. The number of rotatable bonds is 5. The van der Waals surface area contributed by atoms with Crippen molar-refractivity contribution in [2.75, 3.05) is 13.1 Å². The van der Waals surface area contributed by atoms with Crippen molar-refractivity contribution < 1.29 is 4.79 Å². The Labute approximate surface area is 114 Å². The molecule has 1 amide bonds. The normalized spacial score (nSPS) is 18.4. The molecular weight excluding hydrogens is 242 g/mol. The van der Waals surface area contributed by atoms with Gasteiger partial charge in [-0.05, 0) is 49.1 Å². The van der Waals surface area contributed by atoms with Crippen LogP contribution in [0.5, 0.6) is 0 Å². The number of thiophene rings is 1. The van der Waals surface area contributed by atoms with Crippen LogP contribution in [0.3, 0.4) is 0 Å². The van der Waals surface area contributed by atoms with E-state index >= 15 is 0 Å². The summed E-state index contributed by atoms with van der Waals surface area (Å²) < 4.78 is 0.